The summed E-state index contributed by atoms with van der Waals surface area (Å²) >= 11 is 0. The van der Waals surface area contributed by atoms with Crippen LogP contribution in [0.4, 0.5) is 5.69 Å². The van der Waals surface area contributed by atoms with Crippen LogP contribution in [0.2, 0.25) is 0 Å². The molecule has 5 nitrogen and oxygen atoms in total. The number of nitrogens with zero attached hydrogens (tertiary/aromatic N) is 2. The van der Waals surface area contributed by atoms with Crippen molar-refractivity contribution in [2.75, 3.05) is 38.8 Å². The number of anilines is 1. The first-order valence-electron chi connectivity index (χ1n) is 11.0. The quantitative estimate of drug-likeness (QED) is 0.530. The van der Waals surface area contributed by atoms with Crippen molar-refractivity contribution in [3.05, 3.63) is 59.7 Å². The van der Waals surface area contributed by atoms with E-state index in [0.717, 1.165) is 49.3 Å². The summed E-state index contributed by atoms with van der Waals surface area (Å²) in [7, 11) is 4.05. The molecule has 0 saturated carbocycles. The lowest BCUT2D eigenvalue weighted by Gasteiger charge is -2.26. The van der Waals surface area contributed by atoms with Gasteiger partial charge in [0.05, 0.1) is 12.7 Å². The predicted octanol–water partition coefficient (Wildman–Crippen LogP) is 4.75. The van der Waals surface area contributed by atoms with Gasteiger partial charge in [0.2, 0.25) is 0 Å². The molecule has 162 valence electrons. The third-order valence-corrected chi connectivity index (χ3v) is 5.43. The standard InChI is InChI=1S/C25H34N2O3/c1-4-5-16-29-23-14-10-21(11-15-23)25(28)27(19-24-7-6-17-30-24)18-20-8-12-22(13-9-20)26(2)3/h8-15,24H,4-7,16-19H2,1-3H3. The number of ether oxygens (including phenoxy) is 2. The largest absolute Gasteiger partial charge is 0.494 e. The van der Waals surface area contributed by atoms with Gasteiger partial charge in [-0.3, -0.25) is 4.79 Å². The van der Waals surface area contributed by atoms with Gasteiger partial charge in [-0.15, -0.1) is 0 Å². The van der Waals surface area contributed by atoms with Crippen LogP contribution < -0.4 is 9.64 Å². The van der Waals surface area contributed by atoms with Gasteiger partial charge in [0.1, 0.15) is 5.75 Å². The zero-order valence-electron chi connectivity index (χ0n) is 18.5. The molecule has 0 radical (unpaired) electrons. The van der Waals surface area contributed by atoms with E-state index in [2.05, 4.69) is 36.1 Å². The molecule has 1 heterocycles. The molecule has 3 rings (SSSR count). The van der Waals surface area contributed by atoms with Crippen LogP contribution in [-0.4, -0.2) is 50.8 Å². The number of rotatable bonds is 10. The van der Waals surface area contributed by atoms with Crippen LogP contribution >= 0.6 is 0 Å². The molecule has 0 aliphatic carbocycles. The molecule has 0 aromatic heterocycles. The summed E-state index contributed by atoms with van der Waals surface area (Å²) in [6, 6.07) is 15.9. The second-order valence-electron chi connectivity index (χ2n) is 8.11. The molecule has 30 heavy (non-hydrogen) atoms. The maximum Gasteiger partial charge on any atom is 0.254 e. The summed E-state index contributed by atoms with van der Waals surface area (Å²) in [5, 5.41) is 0. The molecule has 1 aliphatic rings. The summed E-state index contributed by atoms with van der Waals surface area (Å²) in [6.07, 6.45) is 4.32. The Morgan fingerprint density at radius 3 is 2.43 bits per heavy atom. The number of unbranched alkanes of at least 4 members (excludes halogenated alkanes) is 1. The van der Waals surface area contributed by atoms with Crippen LogP contribution in [0.1, 0.15) is 48.5 Å². The van der Waals surface area contributed by atoms with E-state index in [1.807, 2.05) is 43.3 Å². The highest BCUT2D eigenvalue weighted by Crippen LogP contribution is 2.20. The van der Waals surface area contributed by atoms with E-state index in [-0.39, 0.29) is 12.0 Å². The van der Waals surface area contributed by atoms with Gasteiger partial charge < -0.3 is 19.3 Å². The van der Waals surface area contributed by atoms with Gasteiger partial charge in [-0.05, 0) is 61.2 Å². The van der Waals surface area contributed by atoms with Gasteiger partial charge in [-0.1, -0.05) is 25.5 Å². The van der Waals surface area contributed by atoms with Crippen LogP contribution in [0.3, 0.4) is 0 Å². The zero-order valence-corrected chi connectivity index (χ0v) is 18.5. The van der Waals surface area contributed by atoms with Gasteiger partial charge in [-0.2, -0.15) is 0 Å². The molecule has 0 bridgehead atoms. The van der Waals surface area contributed by atoms with Crippen molar-refractivity contribution in [2.24, 2.45) is 0 Å². The average Bonchev–Trinajstić information content (AvgIpc) is 3.27. The fourth-order valence-electron chi connectivity index (χ4n) is 3.58. The molecule has 1 aliphatic heterocycles. The molecule has 2 aromatic rings. The monoisotopic (exact) mass is 410 g/mol. The number of hydrogen-bond acceptors (Lipinski definition) is 4. The van der Waals surface area contributed by atoms with Crippen LogP contribution in [0.15, 0.2) is 48.5 Å². The number of amides is 1. The van der Waals surface area contributed by atoms with Crippen molar-refractivity contribution < 1.29 is 14.3 Å². The van der Waals surface area contributed by atoms with Gasteiger partial charge in [0.25, 0.3) is 5.91 Å². The summed E-state index contributed by atoms with van der Waals surface area (Å²) in [4.78, 5) is 17.3. The molecule has 0 N–H and O–H groups in total. The number of hydrogen-bond donors (Lipinski definition) is 0. The van der Waals surface area contributed by atoms with Crippen LogP contribution in [0.25, 0.3) is 0 Å². The van der Waals surface area contributed by atoms with E-state index in [0.29, 0.717) is 25.3 Å². The minimum absolute atomic E-state index is 0.0299. The maximum absolute atomic E-state index is 13.3. The fraction of sp³-hybridized carbons (Fsp3) is 0.480. The van der Waals surface area contributed by atoms with E-state index in [1.165, 1.54) is 0 Å². The molecule has 0 spiro atoms. The minimum Gasteiger partial charge on any atom is -0.494 e. The topological polar surface area (TPSA) is 42.0 Å². The van der Waals surface area contributed by atoms with Crippen molar-refractivity contribution >= 4 is 11.6 Å². The Kier molecular flexibility index (Phi) is 8.14. The molecule has 2 aromatic carbocycles. The maximum atomic E-state index is 13.3. The highest BCUT2D eigenvalue weighted by Gasteiger charge is 2.23. The predicted molar refractivity (Wildman–Crippen MR) is 121 cm³/mol. The molecule has 5 heteroatoms. The fourth-order valence-corrected chi connectivity index (χ4v) is 3.58. The Morgan fingerprint density at radius 1 is 1.10 bits per heavy atom. The normalized spacial score (nSPS) is 15.8. The molecular formula is C25H34N2O3. The average molecular weight is 411 g/mol. The Balaban J connectivity index is 1.71. The molecule has 1 fully saturated rings. The Labute approximate surface area is 180 Å². The minimum atomic E-state index is 0.0299. The third-order valence-electron chi connectivity index (χ3n) is 5.43. The summed E-state index contributed by atoms with van der Waals surface area (Å²) in [6.45, 7) is 4.82. The molecular weight excluding hydrogens is 376 g/mol. The SMILES string of the molecule is CCCCOc1ccc(C(=O)N(Cc2ccc(N(C)C)cc2)CC2CCCO2)cc1. The van der Waals surface area contributed by atoms with Crippen molar-refractivity contribution in [1.82, 2.24) is 4.90 Å². The first kappa shape index (κ1) is 22.2. The van der Waals surface area contributed by atoms with Crippen molar-refractivity contribution in [3.63, 3.8) is 0 Å². The van der Waals surface area contributed by atoms with Gasteiger partial charge in [-0.25, -0.2) is 0 Å². The van der Waals surface area contributed by atoms with Crippen molar-refractivity contribution in [1.29, 1.82) is 0 Å². The Morgan fingerprint density at radius 2 is 1.83 bits per heavy atom. The molecule has 1 unspecified atom stereocenters. The van der Waals surface area contributed by atoms with Gasteiger partial charge >= 0.3 is 0 Å². The van der Waals surface area contributed by atoms with Gasteiger partial charge in [0, 0.05) is 45.0 Å². The highest BCUT2D eigenvalue weighted by atomic mass is 16.5. The zero-order chi connectivity index (χ0) is 21.3. The van der Waals surface area contributed by atoms with Crippen LogP contribution in [0.5, 0.6) is 5.75 Å². The first-order valence-corrected chi connectivity index (χ1v) is 11.0. The van der Waals surface area contributed by atoms with E-state index in [9.17, 15) is 4.79 Å². The smallest absolute Gasteiger partial charge is 0.254 e. The van der Waals surface area contributed by atoms with E-state index in [1.54, 1.807) is 0 Å². The number of carbonyl (C=O) groups is 1. The number of carbonyl (C=O) groups excluding carboxylic acids is 1. The van der Waals surface area contributed by atoms with E-state index < -0.39 is 0 Å². The van der Waals surface area contributed by atoms with Crippen LogP contribution in [0, 0.1) is 0 Å². The lowest BCUT2D eigenvalue weighted by Crippen LogP contribution is -2.37. The second kappa shape index (κ2) is 11.0. The van der Waals surface area contributed by atoms with Crippen molar-refractivity contribution in [2.45, 2.75) is 45.3 Å². The highest BCUT2D eigenvalue weighted by molar-refractivity contribution is 5.94. The Hall–Kier alpha value is -2.53. The first-order chi connectivity index (χ1) is 14.6. The summed E-state index contributed by atoms with van der Waals surface area (Å²) in [5.41, 5.74) is 2.95. The molecule has 1 amide bonds. The van der Waals surface area contributed by atoms with E-state index in [4.69, 9.17) is 9.47 Å². The Bertz CT molecular complexity index is 781. The van der Waals surface area contributed by atoms with Crippen LogP contribution in [-0.2, 0) is 11.3 Å². The summed E-state index contributed by atoms with van der Waals surface area (Å²) < 4.78 is 11.5. The lowest BCUT2D eigenvalue weighted by atomic mass is 10.1. The lowest BCUT2D eigenvalue weighted by molar-refractivity contribution is 0.0507. The third kappa shape index (κ3) is 6.23. The second-order valence-corrected chi connectivity index (χ2v) is 8.11. The number of benzene rings is 2. The summed E-state index contributed by atoms with van der Waals surface area (Å²) in [5.74, 6) is 0.840. The van der Waals surface area contributed by atoms with Crippen molar-refractivity contribution in [3.8, 4) is 5.75 Å². The molecule has 1 atom stereocenters. The van der Waals surface area contributed by atoms with E-state index >= 15 is 0 Å². The molecule has 1 saturated heterocycles. The van der Waals surface area contributed by atoms with Gasteiger partial charge in [0.15, 0.2) is 0 Å².